The Morgan fingerprint density at radius 3 is 2.67 bits per heavy atom. The molecule has 0 unspecified atom stereocenters. The van der Waals surface area contributed by atoms with E-state index in [4.69, 9.17) is 5.11 Å². The molecule has 0 aliphatic carbocycles. The summed E-state index contributed by atoms with van der Waals surface area (Å²) in [6.07, 6.45) is 0.142. The van der Waals surface area contributed by atoms with Crippen molar-refractivity contribution in [2.75, 3.05) is 5.32 Å². The van der Waals surface area contributed by atoms with E-state index < -0.39 is 5.97 Å². The van der Waals surface area contributed by atoms with Crippen LogP contribution in [0.2, 0.25) is 0 Å². The number of nitrogens with zero attached hydrogens (tertiary/aromatic N) is 1. The zero-order chi connectivity index (χ0) is 15.6. The van der Waals surface area contributed by atoms with Crippen molar-refractivity contribution in [3.8, 4) is 0 Å². The van der Waals surface area contributed by atoms with Crippen molar-refractivity contribution in [2.45, 2.75) is 20.3 Å². The molecule has 0 radical (unpaired) electrons. The molecule has 0 aliphatic heterocycles. The van der Waals surface area contributed by atoms with E-state index in [9.17, 15) is 9.59 Å². The second-order valence-electron chi connectivity index (χ2n) is 4.63. The van der Waals surface area contributed by atoms with Crippen molar-refractivity contribution in [3.63, 3.8) is 0 Å². The average Bonchev–Trinajstić information content (AvgIpc) is 2.72. The molecule has 1 amide bonds. The zero-order valence-electron chi connectivity index (χ0n) is 11.5. The Bertz CT molecular complexity index is 690. The van der Waals surface area contributed by atoms with Gasteiger partial charge in [0.15, 0.2) is 0 Å². The molecule has 0 aliphatic rings. The maximum absolute atomic E-state index is 12.1. The van der Waals surface area contributed by atoms with Gasteiger partial charge in [-0.2, -0.15) is 5.10 Å². The van der Waals surface area contributed by atoms with Gasteiger partial charge in [-0.25, -0.2) is 4.79 Å². The van der Waals surface area contributed by atoms with Gasteiger partial charge in [0.05, 0.1) is 23.4 Å². The number of aromatic carboxylic acids is 1. The second-order valence-corrected chi connectivity index (χ2v) is 5.55. The Balaban J connectivity index is 2.19. The van der Waals surface area contributed by atoms with Crippen LogP contribution in [0.15, 0.2) is 22.7 Å². The number of benzene rings is 1. The molecule has 0 spiro atoms. The number of H-pyrrole nitrogens is 1. The van der Waals surface area contributed by atoms with Gasteiger partial charge in [0.2, 0.25) is 5.91 Å². The highest BCUT2D eigenvalue weighted by Gasteiger charge is 2.15. The number of aromatic amines is 1. The Hall–Kier alpha value is -2.15. The quantitative estimate of drug-likeness (QED) is 0.788. The number of anilines is 1. The number of halogens is 1. The molecule has 2 aromatic rings. The molecule has 1 aromatic heterocycles. The molecule has 2 rings (SSSR count). The lowest BCUT2D eigenvalue weighted by Crippen LogP contribution is -2.17. The number of aryl methyl sites for hydroxylation is 2. The molecular formula is C14H14BrN3O3. The van der Waals surface area contributed by atoms with Crippen molar-refractivity contribution >= 4 is 33.5 Å². The molecule has 6 nitrogen and oxygen atoms in total. The molecule has 1 heterocycles. The van der Waals surface area contributed by atoms with Crippen molar-refractivity contribution in [3.05, 3.63) is 45.2 Å². The van der Waals surface area contributed by atoms with Gasteiger partial charge in [-0.15, -0.1) is 0 Å². The topological polar surface area (TPSA) is 95.1 Å². The molecule has 0 bridgehead atoms. The lowest BCUT2D eigenvalue weighted by molar-refractivity contribution is -0.115. The summed E-state index contributed by atoms with van der Waals surface area (Å²) < 4.78 is 0.638. The molecule has 21 heavy (non-hydrogen) atoms. The lowest BCUT2D eigenvalue weighted by Gasteiger charge is -2.09. The van der Waals surface area contributed by atoms with E-state index >= 15 is 0 Å². The predicted octanol–water partition coefficient (Wildman–Crippen LogP) is 2.67. The van der Waals surface area contributed by atoms with Crippen LogP contribution in [0.3, 0.4) is 0 Å². The van der Waals surface area contributed by atoms with Gasteiger partial charge in [0, 0.05) is 15.7 Å². The van der Waals surface area contributed by atoms with Crippen LogP contribution in [0.5, 0.6) is 0 Å². The number of aromatic nitrogens is 2. The smallest absolute Gasteiger partial charge is 0.337 e. The van der Waals surface area contributed by atoms with E-state index in [-0.39, 0.29) is 23.6 Å². The first-order valence-corrected chi connectivity index (χ1v) is 7.01. The molecule has 0 fully saturated rings. The fraction of sp³-hybridized carbons (Fsp3) is 0.214. The molecule has 1 aromatic carbocycles. The second kappa shape index (κ2) is 6.09. The monoisotopic (exact) mass is 351 g/mol. The summed E-state index contributed by atoms with van der Waals surface area (Å²) >= 11 is 3.21. The number of hydrogen-bond acceptors (Lipinski definition) is 3. The van der Waals surface area contributed by atoms with E-state index in [1.807, 2.05) is 13.8 Å². The predicted molar refractivity (Wildman–Crippen MR) is 81.5 cm³/mol. The molecule has 0 saturated carbocycles. The fourth-order valence-corrected chi connectivity index (χ4v) is 2.35. The number of nitrogens with one attached hydrogen (secondary N) is 2. The van der Waals surface area contributed by atoms with Gasteiger partial charge in [-0.05, 0) is 32.0 Å². The first-order valence-electron chi connectivity index (χ1n) is 6.21. The Labute approximate surface area is 129 Å². The largest absolute Gasteiger partial charge is 0.478 e. The van der Waals surface area contributed by atoms with E-state index in [0.717, 1.165) is 17.0 Å². The zero-order valence-corrected chi connectivity index (χ0v) is 13.1. The van der Waals surface area contributed by atoms with Gasteiger partial charge in [-0.3, -0.25) is 9.89 Å². The number of carboxylic acid groups (broad SMARTS) is 1. The highest BCUT2D eigenvalue weighted by Crippen LogP contribution is 2.21. The van der Waals surface area contributed by atoms with Crippen molar-refractivity contribution in [1.82, 2.24) is 10.2 Å². The highest BCUT2D eigenvalue weighted by molar-refractivity contribution is 9.10. The maximum atomic E-state index is 12.1. The number of carbonyl (C=O) groups is 2. The molecule has 3 N–H and O–H groups in total. The lowest BCUT2D eigenvalue weighted by atomic mass is 10.1. The van der Waals surface area contributed by atoms with E-state index in [1.165, 1.54) is 6.07 Å². The average molecular weight is 352 g/mol. The van der Waals surface area contributed by atoms with Crippen LogP contribution in [-0.4, -0.2) is 27.2 Å². The van der Waals surface area contributed by atoms with Crippen LogP contribution in [-0.2, 0) is 11.2 Å². The SMILES string of the molecule is Cc1n[nH]c(C)c1CC(=O)Nc1ccc(Br)cc1C(=O)O. The first-order chi connectivity index (χ1) is 9.88. The number of carboxylic acids is 1. The third kappa shape index (κ3) is 3.49. The minimum Gasteiger partial charge on any atom is -0.478 e. The van der Waals surface area contributed by atoms with Gasteiger partial charge >= 0.3 is 5.97 Å². The summed E-state index contributed by atoms with van der Waals surface area (Å²) in [7, 11) is 0. The fourth-order valence-electron chi connectivity index (χ4n) is 1.99. The molecule has 0 atom stereocenters. The minimum atomic E-state index is -1.10. The summed E-state index contributed by atoms with van der Waals surface area (Å²) in [5, 5.41) is 18.6. The van der Waals surface area contributed by atoms with E-state index in [0.29, 0.717) is 4.47 Å². The maximum Gasteiger partial charge on any atom is 0.337 e. The Morgan fingerprint density at radius 1 is 1.38 bits per heavy atom. The van der Waals surface area contributed by atoms with Gasteiger partial charge < -0.3 is 10.4 Å². The van der Waals surface area contributed by atoms with Crippen LogP contribution >= 0.6 is 15.9 Å². The number of hydrogen-bond donors (Lipinski definition) is 3. The highest BCUT2D eigenvalue weighted by atomic mass is 79.9. The standard InChI is InChI=1S/C14H14BrN3O3/c1-7-10(8(2)18-17-7)6-13(19)16-12-4-3-9(15)5-11(12)14(20)21/h3-5H,6H2,1-2H3,(H,16,19)(H,17,18)(H,20,21). The summed E-state index contributed by atoms with van der Waals surface area (Å²) in [6.45, 7) is 3.65. The summed E-state index contributed by atoms with van der Waals surface area (Å²) in [5.74, 6) is -1.38. The first kappa shape index (κ1) is 15.2. The van der Waals surface area contributed by atoms with Crippen LogP contribution in [0.25, 0.3) is 0 Å². The summed E-state index contributed by atoms with van der Waals surface area (Å²) in [5.41, 5.74) is 2.73. The Morgan fingerprint density at radius 2 is 2.10 bits per heavy atom. The van der Waals surface area contributed by atoms with E-state index in [2.05, 4.69) is 31.4 Å². The van der Waals surface area contributed by atoms with Crippen LogP contribution in [0.1, 0.15) is 27.3 Å². The van der Waals surface area contributed by atoms with Gasteiger partial charge in [0.25, 0.3) is 0 Å². The third-order valence-electron chi connectivity index (χ3n) is 3.10. The minimum absolute atomic E-state index is 0.0402. The molecule has 110 valence electrons. The van der Waals surface area contributed by atoms with Crippen molar-refractivity contribution in [1.29, 1.82) is 0 Å². The molecule has 0 saturated heterocycles. The van der Waals surface area contributed by atoms with Crippen LogP contribution < -0.4 is 5.32 Å². The number of amides is 1. The number of carbonyl (C=O) groups excluding carboxylic acids is 1. The van der Waals surface area contributed by atoms with Gasteiger partial charge in [-0.1, -0.05) is 15.9 Å². The summed E-state index contributed by atoms with van der Waals surface area (Å²) in [4.78, 5) is 23.3. The van der Waals surface area contributed by atoms with E-state index in [1.54, 1.807) is 12.1 Å². The molecule has 7 heteroatoms. The third-order valence-corrected chi connectivity index (χ3v) is 3.60. The van der Waals surface area contributed by atoms with Crippen LogP contribution in [0, 0.1) is 13.8 Å². The van der Waals surface area contributed by atoms with Gasteiger partial charge in [0.1, 0.15) is 0 Å². The van der Waals surface area contributed by atoms with Crippen molar-refractivity contribution < 1.29 is 14.7 Å². The summed E-state index contributed by atoms with van der Waals surface area (Å²) in [6, 6.07) is 4.68. The van der Waals surface area contributed by atoms with Crippen LogP contribution in [0.4, 0.5) is 5.69 Å². The normalized spacial score (nSPS) is 10.4. The Kier molecular flexibility index (Phi) is 4.42. The van der Waals surface area contributed by atoms with Crippen molar-refractivity contribution in [2.24, 2.45) is 0 Å². The number of rotatable bonds is 4. The molecular weight excluding hydrogens is 338 g/mol.